The minimum Gasteiger partial charge on any atom is -0.399 e. The summed E-state index contributed by atoms with van der Waals surface area (Å²) in [6, 6.07) is 8.04. The molecule has 0 aliphatic heterocycles. The van der Waals surface area contributed by atoms with E-state index in [1.165, 1.54) is 11.1 Å². The van der Waals surface area contributed by atoms with Crippen LogP contribution in [0.5, 0.6) is 0 Å². The Balaban J connectivity index is 2.28. The van der Waals surface area contributed by atoms with Gasteiger partial charge in [-0.25, -0.2) is 0 Å². The van der Waals surface area contributed by atoms with Gasteiger partial charge in [-0.1, -0.05) is 44.2 Å². The lowest BCUT2D eigenvalue weighted by atomic mass is 9.83. The molecule has 1 aliphatic carbocycles. The molecule has 0 bridgehead atoms. The van der Waals surface area contributed by atoms with Gasteiger partial charge in [-0.05, 0) is 35.1 Å². The van der Waals surface area contributed by atoms with Crippen molar-refractivity contribution < 1.29 is 0 Å². The van der Waals surface area contributed by atoms with Gasteiger partial charge in [-0.2, -0.15) is 0 Å². The molecule has 2 N–H and O–H groups in total. The highest BCUT2D eigenvalue weighted by atomic mass is 14.5. The van der Waals surface area contributed by atoms with Crippen LogP contribution in [0.4, 0.5) is 5.69 Å². The van der Waals surface area contributed by atoms with Crippen molar-refractivity contribution in [3.63, 3.8) is 0 Å². The lowest BCUT2D eigenvalue weighted by molar-refractivity contribution is 0.485. The van der Waals surface area contributed by atoms with Gasteiger partial charge < -0.3 is 5.73 Å². The molecule has 0 saturated heterocycles. The van der Waals surface area contributed by atoms with Crippen molar-refractivity contribution in [3.8, 4) is 0 Å². The third-order valence-corrected chi connectivity index (χ3v) is 2.78. The topological polar surface area (TPSA) is 26.0 Å². The van der Waals surface area contributed by atoms with Crippen molar-refractivity contribution in [3.05, 3.63) is 48.1 Å². The van der Waals surface area contributed by atoms with Crippen molar-refractivity contribution >= 4 is 11.3 Å². The molecule has 78 valence electrons. The smallest absolute Gasteiger partial charge is 0.0320 e. The van der Waals surface area contributed by atoms with E-state index in [1.54, 1.807) is 0 Å². The number of nitrogens with two attached hydrogens (primary N) is 1. The number of allylic oxidation sites excluding steroid dienone is 4. The minimum absolute atomic E-state index is 0.295. The van der Waals surface area contributed by atoms with E-state index in [-0.39, 0.29) is 0 Å². The highest BCUT2D eigenvalue weighted by Gasteiger charge is 2.16. The van der Waals surface area contributed by atoms with Crippen LogP contribution >= 0.6 is 0 Å². The largest absolute Gasteiger partial charge is 0.399 e. The molecule has 0 aromatic heterocycles. The summed E-state index contributed by atoms with van der Waals surface area (Å²) in [6.07, 6.45) is 7.84. The molecule has 1 nitrogen and oxygen atoms in total. The molecule has 0 amide bonds. The molecule has 2 rings (SSSR count). The third-order valence-electron chi connectivity index (χ3n) is 2.78. The first-order valence-electron chi connectivity index (χ1n) is 5.32. The molecule has 15 heavy (non-hydrogen) atoms. The van der Waals surface area contributed by atoms with Crippen LogP contribution in [0.15, 0.2) is 42.5 Å². The Morgan fingerprint density at radius 2 is 2.07 bits per heavy atom. The summed E-state index contributed by atoms with van der Waals surface area (Å²) in [5.74, 6) is 0. The Labute approximate surface area is 91.3 Å². The number of hydrogen-bond acceptors (Lipinski definition) is 1. The zero-order valence-electron chi connectivity index (χ0n) is 9.33. The summed E-state index contributed by atoms with van der Waals surface area (Å²) < 4.78 is 0. The standard InChI is InChI=1S/C14H17N/c1-14(2)8-6-11(7-9-14)12-4-3-5-13(15)10-12/h3-8,10H,9,15H2,1-2H3. The van der Waals surface area contributed by atoms with Gasteiger partial charge >= 0.3 is 0 Å². The average Bonchev–Trinajstić information content (AvgIpc) is 2.17. The predicted octanol–water partition coefficient (Wildman–Crippen LogP) is 3.64. The van der Waals surface area contributed by atoms with E-state index >= 15 is 0 Å². The lowest BCUT2D eigenvalue weighted by Gasteiger charge is -2.22. The van der Waals surface area contributed by atoms with Crippen molar-refractivity contribution in [2.24, 2.45) is 5.41 Å². The van der Waals surface area contributed by atoms with Crippen molar-refractivity contribution in [1.29, 1.82) is 0 Å². The summed E-state index contributed by atoms with van der Waals surface area (Å²) in [6.45, 7) is 4.49. The molecule has 0 saturated carbocycles. The van der Waals surface area contributed by atoms with Gasteiger partial charge in [0.25, 0.3) is 0 Å². The van der Waals surface area contributed by atoms with Gasteiger partial charge in [-0.3, -0.25) is 0 Å². The van der Waals surface area contributed by atoms with Crippen LogP contribution in [0.3, 0.4) is 0 Å². The normalized spacial score (nSPS) is 18.7. The predicted molar refractivity (Wildman–Crippen MR) is 66.4 cm³/mol. The fourth-order valence-corrected chi connectivity index (χ4v) is 1.76. The zero-order chi connectivity index (χ0) is 10.9. The van der Waals surface area contributed by atoms with Crippen LogP contribution in [0.1, 0.15) is 25.8 Å². The summed E-state index contributed by atoms with van der Waals surface area (Å²) in [5.41, 5.74) is 9.38. The van der Waals surface area contributed by atoms with Gasteiger partial charge in [0.05, 0.1) is 0 Å². The summed E-state index contributed by atoms with van der Waals surface area (Å²) in [5, 5.41) is 0. The molecule has 0 atom stereocenters. The molecular formula is C14H17N. The van der Waals surface area contributed by atoms with Gasteiger partial charge in [-0.15, -0.1) is 0 Å². The fraction of sp³-hybridized carbons (Fsp3) is 0.286. The molecule has 0 radical (unpaired) electrons. The quantitative estimate of drug-likeness (QED) is 0.686. The van der Waals surface area contributed by atoms with Crippen LogP contribution in [-0.4, -0.2) is 0 Å². The molecule has 1 aliphatic rings. The molecular weight excluding hydrogens is 182 g/mol. The molecule has 0 unspecified atom stereocenters. The van der Waals surface area contributed by atoms with Crippen LogP contribution in [0.2, 0.25) is 0 Å². The molecule has 1 heteroatoms. The van der Waals surface area contributed by atoms with Crippen molar-refractivity contribution in [1.82, 2.24) is 0 Å². The zero-order valence-corrected chi connectivity index (χ0v) is 9.33. The number of benzene rings is 1. The Morgan fingerprint density at radius 3 is 2.67 bits per heavy atom. The number of nitrogen functional groups attached to an aromatic ring is 1. The van der Waals surface area contributed by atoms with E-state index < -0.39 is 0 Å². The van der Waals surface area contributed by atoms with Gasteiger partial charge in [0.15, 0.2) is 0 Å². The number of hydrogen-bond donors (Lipinski definition) is 1. The lowest BCUT2D eigenvalue weighted by Crippen LogP contribution is -2.08. The molecule has 0 spiro atoms. The van der Waals surface area contributed by atoms with E-state index in [9.17, 15) is 0 Å². The molecule has 1 aromatic rings. The maximum atomic E-state index is 5.77. The minimum atomic E-state index is 0.295. The Morgan fingerprint density at radius 1 is 1.27 bits per heavy atom. The summed E-state index contributed by atoms with van der Waals surface area (Å²) >= 11 is 0. The highest BCUT2D eigenvalue weighted by Crippen LogP contribution is 2.32. The highest BCUT2D eigenvalue weighted by molar-refractivity contribution is 5.76. The van der Waals surface area contributed by atoms with Crippen LogP contribution in [-0.2, 0) is 0 Å². The van der Waals surface area contributed by atoms with E-state index in [1.807, 2.05) is 18.2 Å². The second kappa shape index (κ2) is 3.58. The van der Waals surface area contributed by atoms with Crippen LogP contribution in [0.25, 0.3) is 5.57 Å². The first kappa shape index (κ1) is 10.0. The van der Waals surface area contributed by atoms with E-state index in [0.29, 0.717) is 5.41 Å². The van der Waals surface area contributed by atoms with Gasteiger partial charge in [0.1, 0.15) is 0 Å². The third kappa shape index (κ3) is 2.30. The fourth-order valence-electron chi connectivity index (χ4n) is 1.76. The second-order valence-electron chi connectivity index (χ2n) is 4.81. The number of anilines is 1. The van der Waals surface area contributed by atoms with E-state index in [2.05, 4.69) is 38.1 Å². The maximum absolute atomic E-state index is 5.77. The van der Waals surface area contributed by atoms with Crippen molar-refractivity contribution in [2.45, 2.75) is 20.3 Å². The van der Waals surface area contributed by atoms with E-state index in [0.717, 1.165) is 12.1 Å². The monoisotopic (exact) mass is 199 g/mol. The summed E-state index contributed by atoms with van der Waals surface area (Å²) in [7, 11) is 0. The second-order valence-corrected chi connectivity index (χ2v) is 4.81. The Bertz CT molecular complexity index is 425. The molecule has 0 fully saturated rings. The molecule has 1 aromatic carbocycles. The Kier molecular flexibility index (Phi) is 2.39. The number of rotatable bonds is 1. The summed E-state index contributed by atoms with van der Waals surface area (Å²) in [4.78, 5) is 0. The van der Waals surface area contributed by atoms with Crippen LogP contribution < -0.4 is 5.73 Å². The molecule has 0 heterocycles. The first-order chi connectivity index (χ1) is 7.07. The maximum Gasteiger partial charge on any atom is 0.0320 e. The van der Waals surface area contributed by atoms with E-state index in [4.69, 9.17) is 5.73 Å². The Hall–Kier alpha value is -1.50. The first-order valence-corrected chi connectivity index (χ1v) is 5.32. The van der Waals surface area contributed by atoms with Crippen LogP contribution in [0, 0.1) is 5.41 Å². The van der Waals surface area contributed by atoms with Crippen molar-refractivity contribution in [2.75, 3.05) is 5.73 Å². The average molecular weight is 199 g/mol. The van der Waals surface area contributed by atoms with Gasteiger partial charge in [0, 0.05) is 5.69 Å². The SMILES string of the molecule is CC1(C)C=CC(c2cccc(N)c2)=CC1. The van der Waals surface area contributed by atoms with Gasteiger partial charge in [0.2, 0.25) is 0 Å².